The average molecular weight is 552 g/mol. The number of hydrogen-bond acceptors (Lipinski definition) is 5. The van der Waals surface area contributed by atoms with E-state index in [1.54, 1.807) is 63.4 Å². The van der Waals surface area contributed by atoms with E-state index in [1.807, 2.05) is 32.0 Å². The highest BCUT2D eigenvalue weighted by Gasteiger charge is 2.33. The fourth-order valence-electron chi connectivity index (χ4n) is 4.10. The molecule has 3 aromatic rings. The van der Waals surface area contributed by atoms with Crippen molar-refractivity contribution in [2.24, 2.45) is 0 Å². The van der Waals surface area contributed by atoms with Gasteiger partial charge in [0.2, 0.25) is 11.8 Å². The van der Waals surface area contributed by atoms with Crippen molar-refractivity contribution in [3.05, 3.63) is 89.5 Å². The minimum Gasteiger partial charge on any atom is -0.497 e. The van der Waals surface area contributed by atoms with Crippen molar-refractivity contribution in [3.63, 3.8) is 0 Å². The molecule has 0 heterocycles. The van der Waals surface area contributed by atoms with Gasteiger partial charge in [0, 0.05) is 13.1 Å². The maximum Gasteiger partial charge on any atom is 0.264 e. The molecule has 1 N–H and O–H groups in total. The molecule has 0 aliphatic carbocycles. The molecule has 0 unspecified atom stereocenters. The third-order valence-corrected chi connectivity index (χ3v) is 8.27. The van der Waals surface area contributed by atoms with Gasteiger partial charge in [-0.3, -0.25) is 13.9 Å². The minimum atomic E-state index is -4.10. The van der Waals surface area contributed by atoms with E-state index >= 15 is 0 Å². The second-order valence-electron chi connectivity index (χ2n) is 9.45. The molecule has 0 aliphatic rings. The Labute approximate surface area is 231 Å². The number of amides is 2. The number of anilines is 1. The Kier molecular flexibility index (Phi) is 10.1. The third-order valence-electron chi connectivity index (χ3n) is 6.50. The summed E-state index contributed by atoms with van der Waals surface area (Å²) in [6.07, 6.45) is 0.751. The van der Waals surface area contributed by atoms with Gasteiger partial charge in [0.05, 0.1) is 17.7 Å². The molecule has 0 bridgehead atoms. The summed E-state index contributed by atoms with van der Waals surface area (Å²) in [7, 11) is -2.53. The number of rotatable bonds is 12. The summed E-state index contributed by atoms with van der Waals surface area (Å²) in [6, 6.07) is 19.9. The molecule has 3 rings (SSSR count). The fraction of sp³-hybridized carbons (Fsp3) is 0.333. The number of nitrogens with zero attached hydrogens (tertiary/aromatic N) is 2. The highest BCUT2D eigenvalue weighted by atomic mass is 32.2. The summed E-state index contributed by atoms with van der Waals surface area (Å²) < 4.78 is 34.1. The monoisotopic (exact) mass is 551 g/mol. The Morgan fingerprint density at radius 1 is 0.949 bits per heavy atom. The van der Waals surface area contributed by atoms with E-state index in [0.29, 0.717) is 23.5 Å². The molecule has 0 aliphatic heterocycles. The van der Waals surface area contributed by atoms with E-state index < -0.39 is 28.5 Å². The predicted octanol–water partition coefficient (Wildman–Crippen LogP) is 4.45. The lowest BCUT2D eigenvalue weighted by Gasteiger charge is -2.32. The number of aryl methyl sites for hydroxylation is 2. The van der Waals surface area contributed by atoms with Gasteiger partial charge in [-0.25, -0.2) is 8.42 Å². The first kappa shape index (κ1) is 29.7. The molecule has 8 nitrogen and oxygen atoms in total. The molecule has 39 heavy (non-hydrogen) atoms. The molecule has 3 aromatic carbocycles. The first-order valence-corrected chi connectivity index (χ1v) is 14.4. The van der Waals surface area contributed by atoms with Gasteiger partial charge < -0.3 is 15.0 Å². The van der Waals surface area contributed by atoms with Gasteiger partial charge in [0.1, 0.15) is 18.3 Å². The topological polar surface area (TPSA) is 96.0 Å². The Hall–Kier alpha value is -3.85. The fourth-order valence-corrected chi connectivity index (χ4v) is 5.58. The van der Waals surface area contributed by atoms with Crippen LogP contribution in [0.25, 0.3) is 0 Å². The van der Waals surface area contributed by atoms with Crippen LogP contribution in [0.5, 0.6) is 5.75 Å². The number of methoxy groups -OCH3 is 1. The van der Waals surface area contributed by atoms with Gasteiger partial charge in [-0.15, -0.1) is 0 Å². The number of carbonyl (C=O) groups excluding carboxylic acids is 2. The molecule has 0 radical (unpaired) electrons. The van der Waals surface area contributed by atoms with E-state index in [4.69, 9.17) is 4.74 Å². The van der Waals surface area contributed by atoms with Gasteiger partial charge in [-0.05, 0) is 68.7 Å². The third kappa shape index (κ3) is 7.38. The molecule has 0 spiro atoms. The van der Waals surface area contributed by atoms with Crippen LogP contribution >= 0.6 is 0 Å². The number of sulfonamides is 1. The van der Waals surface area contributed by atoms with Crippen LogP contribution in [0.2, 0.25) is 0 Å². The number of hydrogen-bond donors (Lipinski definition) is 1. The van der Waals surface area contributed by atoms with Crippen molar-refractivity contribution >= 4 is 27.5 Å². The van der Waals surface area contributed by atoms with E-state index in [2.05, 4.69) is 5.32 Å². The van der Waals surface area contributed by atoms with Crippen molar-refractivity contribution in [2.45, 2.75) is 51.6 Å². The zero-order chi connectivity index (χ0) is 28.6. The Morgan fingerprint density at radius 2 is 1.59 bits per heavy atom. The summed E-state index contributed by atoms with van der Waals surface area (Å²) in [4.78, 5) is 28.4. The van der Waals surface area contributed by atoms with E-state index in [0.717, 1.165) is 21.9 Å². The standard InChI is InChI=1S/C30H37N3O5S/c1-6-19-31-30(35)24(4)32(20-25-13-15-26(38-5)16-14-25)29(34)21-33(28-10-8-7-9-23(28)3)39(36,37)27-17-11-22(2)12-18-27/h7-18,24H,6,19-21H2,1-5H3,(H,31,35)/t24-/m0/s1. The van der Waals surface area contributed by atoms with Crippen LogP contribution < -0.4 is 14.4 Å². The summed E-state index contributed by atoms with van der Waals surface area (Å²) in [6.45, 7) is 7.40. The van der Waals surface area contributed by atoms with Crippen molar-refractivity contribution in [3.8, 4) is 5.75 Å². The van der Waals surface area contributed by atoms with Crippen molar-refractivity contribution in [2.75, 3.05) is 24.5 Å². The highest BCUT2D eigenvalue weighted by molar-refractivity contribution is 7.92. The zero-order valence-corrected chi connectivity index (χ0v) is 24.0. The van der Waals surface area contributed by atoms with Crippen LogP contribution in [0.4, 0.5) is 5.69 Å². The van der Waals surface area contributed by atoms with Crippen LogP contribution in [-0.2, 0) is 26.2 Å². The van der Waals surface area contributed by atoms with Crippen molar-refractivity contribution < 1.29 is 22.7 Å². The SMILES string of the molecule is CCCNC(=O)[C@H](C)N(Cc1ccc(OC)cc1)C(=O)CN(c1ccccc1C)S(=O)(=O)c1ccc(C)cc1. The van der Waals surface area contributed by atoms with Crippen LogP contribution in [-0.4, -0.2) is 51.4 Å². The quantitative estimate of drug-likeness (QED) is 0.359. The van der Waals surface area contributed by atoms with Gasteiger partial charge in [0.15, 0.2) is 0 Å². The number of nitrogens with one attached hydrogen (secondary N) is 1. The maximum atomic E-state index is 13.9. The Balaban J connectivity index is 2.02. The van der Waals surface area contributed by atoms with Crippen molar-refractivity contribution in [1.82, 2.24) is 10.2 Å². The lowest BCUT2D eigenvalue weighted by molar-refractivity contribution is -0.139. The smallest absolute Gasteiger partial charge is 0.264 e. The van der Waals surface area contributed by atoms with Crippen LogP contribution in [0.15, 0.2) is 77.7 Å². The first-order valence-electron chi connectivity index (χ1n) is 12.9. The average Bonchev–Trinajstić information content (AvgIpc) is 2.93. The summed E-state index contributed by atoms with van der Waals surface area (Å²) >= 11 is 0. The summed E-state index contributed by atoms with van der Waals surface area (Å²) in [5, 5.41) is 2.84. The first-order chi connectivity index (χ1) is 18.6. The van der Waals surface area contributed by atoms with Crippen molar-refractivity contribution in [1.29, 1.82) is 0 Å². The molecule has 208 valence electrons. The van der Waals surface area contributed by atoms with Gasteiger partial charge >= 0.3 is 0 Å². The second kappa shape index (κ2) is 13.3. The second-order valence-corrected chi connectivity index (χ2v) is 11.3. The van der Waals surface area contributed by atoms with Gasteiger partial charge in [0.25, 0.3) is 10.0 Å². The minimum absolute atomic E-state index is 0.0830. The molecule has 0 fully saturated rings. The molecule has 0 aromatic heterocycles. The molecule has 0 saturated heterocycles. The van der Waals surface area contributed by atoms with E-state index in [9.17, 15) is 18.0 Å². The number of carbonyl (C=O) groups is 2. The van der Waals surface area contributed by atoms with Gasteiger partial charge in [-0.2, -0.15) is 0 Å². The molecule has 2 amide bonds. The maximum absolute atomic E-state index is 13.9. The van der Waals surface area contributed by atoms with Crippen LogP contribution in [0, 0.1) is 13.8 Å². The number of ether oxygens (including phenoxy) is 1. The summed E-state index contributed by atoms with van der Waals surface area (Å²) in [5.41, 5.74) is 2.81. The lowest BCUT2D eigenvalue weighted by Crippen LogP contribution is -2.51. The van der Waals surface area contributed by atoms with E-state index in [-0.39, 0.29) is 17.3 Å². The molecule has 1 atom stereocenters. The van der Waals surface area contributed by atoms with Crippen LogP contribution in [0.1, 0.15) is 37.0 Å². The Bertz CT molecular complexity index is 1370. The number of benzene rings is 3. The summed E-state index contributed by atoms with van der Waals surface area (Å²) in [5.74, 6) is -0.133. The normalized spacial score (nSPS) is 11.9. The lowest BCUT2D eigenvalue weighted by atomic mass is 10.1. The molecular weight excluding hydrogens is 514 g/mol. The number of para-hydroxylation sites is 1. The largest absolute Gasteiger partial charge is 0.497 e. The molecule has 0 saturated carbocycles. The predicted molar refractivity (Wildman–Crippen MR) is 153 cm³/mol. The van der Waals surface area contributed by atoms with Gasteiger partial charge in [-0.1, -0.05) is 55.0 Å². The molecular formula is C30H37N3O5S. The highest BCUT2D eigenvalue weighted by Crippen LogP contribution is 2.27. The zero-order valence-electron chi connectivity index (χ0n) is 23.2. The van der Waals surface area contributed by atoms with E-state index in [1.165, 1.54) is 17.0 Å². The molecule has 9 heteroatoms. The van der Waals surface area contributed by atoms with Crippen LogP contribution in [0.3, 0.4) is 0 Å². The Morgan fingerprint density at radius 3 is 2.18 bits per heavy atom.